The normalized spacial score (nSPS) is 16.2. The minimum atomic E-state index is -0.847. The van der Waals surface area contributed by atoms with E-state index >= 15 is 0 Å². The summed E-state index contributed by atoms with van der Waals surface area (Å²) in [5.41, 5.74) is 4.21. The van der Waals surface area contributed by atoms with E-state index in [1.807, 2.05) is 78.9 Å². The number of amides is 2. The predicted octanol–water partition coefficient (Wildman–Crippen LogP) is 5.34. The molecule has 3 aromatic rings. The number of aliphatic carboxylic acids is 1. The average Bonchev–Trinajstić information content (AvgIpc) is 3.49. The lowest BCUT2D eigenvalue weighted by Gasteiger charge is -2.25. The number of nitrogens with zero attached hydrogens (tertiary/aromatic N) is 2. The van der Waals surface area contributed by atoms with E-state index < -0.39 is 5.97 Å². The molecule has 206 valence electrons. The van der Waals surface area contributed by atoms with Gasteiger partial charge in [-0.25, -0.2) is 5.01 Å². The van der Waals surface area contributed by atoms with Crippen molar-refractivity contribution in [3.63, 3.8) is 0 Å². The van der Waals surface area contributed by atoms with E-state index in [1.54, 1.807) is 0 Å². The van der Waals surface area contributed by atoms with Crippen LogP contribution in [0.15, 0.2) is 84.0 Å². The zero-order chi connectivity index (χ0) is 27.9. The fourth-order valence-electron chi connectivity index (χ4n) is 5.45. The van der Waals surface area contributed by atoms with Crippen molar-refractivity contribution < 1.29 is 24.2 Å². The summed E-state index contributed by atoms with van der Waals surface area (Å²) in [4.78, 5) is 37.1. The number of carbonyl (C=O) groups is 3. The molecule has 0 bridgehead atoms. The largest absolute Gasteiger partial charge is 0.481 e. The first-order chi connectivity index (χ1) is 19.5. The van der Waals surface area contributed by atoms with Gasteiger partial charge in [-0.3, -0.25) is 14.4 Å². The second-order valence-electron chi connectivity index (χ2n) is 10.4. The Hall–Kier alpha value is -4.46. The Labute approximate surface area is 233 Å². The molecule has 1 aliphatic carbocycles. The van der Waals surface area contributed by atoms with Crippen LogP contribution in [0.2, 0.25) is 0 Å². The fourth-order valence-corrected chi connectivity index (χ4v) is 5.45. The lowest BCUT2D eigenvalue weighted by molar-refractivity contribution is -0.137. The molecule has 3 aromatic carbocycles. The molecule has 1 heterocycles. The van der Waals surface area contributed by atoms with E-state index in [0.717, 1.165) is 47.9 Å². The highest BCUT2D eigenvalue weighted by Gasteiger charge is 2.32. The molecule has 8 nitrogen and oxygen atoms in total. The molecule has 2 N–H and O–H groups in total. The maximum absolute atomic E-state index is 13.6. The molecule has 1 atom stereocenters. The quantitative estimate of drug-likeness (QED) is 0.362. The number of anilines is 1. The first-order valence-electron chi connectivity index (χ1n) is 13.7. The van der Waals surface area contributed by atoms with Gasteiger partial charge in [0.15, 0.2) is 6.61 Å². The Morgan fingerprint density at radius 3 is 2.45 bits per heavy atom. The van der Waals surface area contributed by atoms with Crippen molar-refractivity contribution in [2.24, 2.45) is 11.0 Å². The van der Waals surface area contributed by atoms with Crippen molar-refractivity contribution in [1.29, 1.82) is 0 Å². The van der Waals surface area contributed by atoms with Crippen molar-refractivity contribution in [3.05, 3.63) is 101 Å². The van der Waals surface area contributed by atoms with Gasteiger partial charge in [-0.15, -0.1) is 5.10 Å². The smallest absolute Gasteiger partial charge is 0.303 e. The highest BCUT2D eigenvalue weighted by Crippen LogP contribution is 2.38. The number of nitrogens with one attached hydrogen (secondary N) is 1. The van der Waals surface area contributed by atoms with Gasteiger partial charge in [0.25, 0.3) is 5.91 Å². The zero-order valence-corrected chi connectivity index (χ0v) is 22.3. The Bertz CT molecular complexity index is 1380. The number of carbonyl (C=O) groups excluding carboxylic acids is 2. The third-order valence-corrected chi connectivity index (χ3v) is 7.50. The molecule has 40 heavy (non-hydrogen) atoms. The summed E-state index contributed by atoms with van der Waals surface area (Å²) < 4.78 is 5.55. The van der Waals surface area contributed by atoms with Crippen LogP contribution in [-0.2, 0) is 32.1 Å². The lowest BCUT2D eigenvalue weighted by Crippen LogP contribution is -2.36. The Kier molecular flexibility index (Phi) is 8.54. The Morgan fingerprint density at radius 1 is 0.975 bits per heavy atom. The molecule has 1 fully saturated rings. The van der Waals surface area contributed by atoms with Crippen LogP contribution in [-0.4, -0.2) is 40.4 Å². The molecule has 0 spiro atoms. The van der Waals surface area contributed by atoms with Crippen LogP contribution in [0, 0.1) is 5.92 Å². The number of hydrazone groups is 1. The number of carboxylic acid groups (broad SMARTS) is 1. The van der Waals surface area contributed by atoms with Gasteiger partial charge in [-0.1, -0.05) is 67.4 Å². The van der Waals surface area contributed by atoms with Gasteiger partial charge >= 0.3 is 5.97 Å². The lowest BCUT2D eigenvalue weighted by atomic mass is 9.83. The van der Waals surface area contributed by atoms with Crippen LogP contribution in [0.25, 0.3) is 0 Å². The molecule has 2 aliphatic rings. The maximum atomic E-state index is 13.6. The molecule has 0 radical (unpaired) electrons. The van der Waals surface area contributed by atoms with Crippen LogP contribution >= 0.6 is 0 Å². The van der Waals surface area contributed by atoms with Gasteiger partial charge in [0.05, 0.1) is 12.5 Å². The van der Waals surface area contributed by atoms with Gasteiger partial charge < -0.3 is 15.2 Å². The molecule has 8 heteroatoms. The van der Waals surface area contributed by atoms with Crippen molar-refractivity contribution in [3.8, 4) is 0 Å². The minimum Gasteiger partial charge on any atom is -0.481 e. The summed E-state index contributed by atoms with van der Waals surface area (Å²) in [5.74, 6) is -0.748. The summed E-state index contributed by atoms with van der Waals surface area (Å²) >= 11 is 0. The van der Waals surface area contributed by atoms with Gasteiger partial charge in [-0.2, -0.15) is 0 Å². The standard InChI is InChI=1S/C32H33N3O5/c36-28-21-40-32(26-10-2-1-3-11-26)34-35(28)20-23-13-16-25(17-14-23)30(24-8-4-5-9-24)31(39)33-27-12-6-7-22(19-27)15-18-29(37)38/h1-3,6-7,10-14,16-17,19,24,30H,4-5,8-9,15,18,20-21H2,(H,33,39)(H,37,38)/t30-/m1/s1. The van der Waals surface area contributed by atoms with Crippen LogP contribution in [0.4, 0.5) is 5.69 Å². The summed E-state index contributed by atoms with van der Waals surface area (Å²) in [7, 11) is 0. The molecule has 1 aliphatic heterocycles. The van der Waals surface area contributed by atoms with E-state index in [9.17, 15) is 14.4 Å². The Morgan fingerprint density at radius 2 is 1.73 bits per heavy atom. The monoisotopic (exact) mass is 539 g/mol. The molecule has 0 saturated heterocycles. The second kappa shape index (κ2) is 12.6. The molecule has 0 unspecified atom stereocenters. The first kappa shape index (κ1) is 27.1. The van der Waals surface area contributed by atoms with Gasteiger partial charge in [0.2, 0.25) is 11.8 Å². The Balaban J connectivity index is 1.30. The maximum Gasteiger partial charge on any atom is 0.303 e. The number of ether oxygens (including phenoxy) is 1. The fraction of sp³-hybridized carbons (Fsp3) is 0.312. The summed E-state index contributed by atoms with van der Waals surface area (Å²) in [6, 6.07) is 24.8. The van der Waals surface area contributed by atoms with Crippen LogP contribution in [0.3, 0.4) is 0 Å². The second-order valence-corrected chi connectivity index (χ2v) is 10.4. The van der Waals surface area contributed by atoms with E-state index in [-0.39, 0.29) is 36.7 Å². The molecule has 1 saturated carbocycles. The number of carboxylic acids is 1. The van der Waals surface area contributed by atoms with Crippen molar-refractivity contribution in [1.82, 2.24) is 5.01 Å². The van der Waals surface area contributed by atoms with Gasteiger partial charge in [0.1, 0.15) is 0 Å². The van der Waals surface area contributed by atoms with Crippen LogP contribution in [0.5, 0.6) is 0 Å². The molecular formula is C32H33N3O5. The SMILES string of the molecule is O=C(O)CCc1cccc(NC(=O)[C@@H](c2ccc(CN3N=C(c4ccccc4)OCC3=O)cc2)C2CCCC2)c1. The third kappa shape index (κ3) is 6.75. The number of aryl methyl sites for hydroxylation is 1. The predicted molar refractivity (Wildman–Crippen MR) is 152 cm³/mol. The molecular weight excluding hydrogens is 506 g/mol. The first-order valence-corrected chi connectivity index (χ1v) is 13.7. The topological polar surface area (TPSA) is 108 Å². The number of rotatable bonds is 10. The van der Waals surface area contributed by atoms with Crippen molar-refractivity contribution in [2.45, 2.75) is 51.0 Å². The molecule has 5 rings (SSSR count). The van der Waals surface area contributed by atoms with Gasteiger partial charge in [0, 0.05) is 17.7 Å². The molecule has 2 amide bonds. The number of benzene rings is 3. The van der Waals surface area contributed by atoms with E-state index in [0.29, 0.717) is 24.6 Å². The number of hydrogen-bond acceptors (Lipinski definition) is 5. The number of hydrogen-bond donors (Lipinski definition) is 2. The van der Waals surface area contributed by atoms with Gasteiger partial charge in [-0.05, 0) is 66.1 Å². The van der Waals surface area contributed by atoms with Crippen LogP contribution < -0.4 is 5.32 Å². The van der Waals surface area contributed by atoms with E-state index in [2.05, 4.69) is 10.4 Å². The van der Waals surface area contributed by atoms with Crippen molar-refractivity contribution in [2.75, 3.05) is 11.9 Å². The van der Waals surface area contributed by atoms with Crippen LogP contribution in [0.1, 0.15) is 60.3 Å². The summed E-state index contributed by atoms with van der Waals surface area (Å²) in [5, 5.41) is 17.9. The van der Waals surface area contributed by atoms with E-state index in [1.165, 1.54) is 5.01 Å². The average molecular weight is 540 g/mol. The summed E-state index contributed by atoms with van der Waals surface area (Å²) in [6.07, 6.45) is 4.67. The summed E-state index contributed by atoms with van der Waals surface area (Å²) in [6.45, 7) is 0.246. The van der Waals surface area contributed by atoms with Crippen molar-refractivity contribution >= 4 is 29.4 Å². The third-order valence-electron chi connectivity index (χ3n) is 7.50. The highest BCUT2D eigenvalue weighted by molar-refractivity contribution is 5.98. The highest BCUT2D eigenvalue weighted by atomic mass is 16.5. The minimum absolute atomic E-state index is 0.0450. The molecule has 0 aromatic heterocycles. The van der Waals surface area contributed by atoms with E-state index in [4.69, 9.17) is 9.84 Å². The zero-order valence-electron chi connectivity index (χ0n) is 22.3.